The fraction of sp³-hybridized carbons (Fsp3) is 0.100. The number of benzene rings is 4. The van der Waals surface area contributed by atoms with Gasteiger partial charge in [0.2, 0.25) is 5.28 Å². The van der Waals surface area contributed by atoms with Crippen molar-refractivity contribution in [1.29, 1.82) is 0 Å². The zero-order chi connectivity index (χ0) is 23.3. The van der Waals surface area contributed by atoms with Crippen LogP contribution in [0.5, 0.6) is 0 Å². The third kappa shape index (κ3) is 3.41. The molecule has 3 nitrogen and oxygen atoms in total. The van der Waals surface area contributed by atoms with Crippen LogP contribution in [0.4, 0.5) is 0 Å². The van der Waals surface area contributed by atoms with E-state index in [-0.39, 0.29) is 10.7 Å². The quantitative estimate of drug-likeness (QED) is 0.276. The molecule has 0 N–H and O–H groups in total. The first kappa shape index (κ1) is 20.8. The van der Waals surface area contributed by atoms with Crippen molar-refractivity contribution >= 4 is 11.6 Å². The molecule has 1 aliphatic rings. The van der Waals surface area contributed by atoms with E-state index < -0.39 is 0 Å². The molecular weight excluding hydrogens is 438 g/mol. The molecule has 4 heteroatoms. The minimum atomic E-state index is -0.0917. The smallest absolute Gasteiger partial charge is 0.208 e. The molecule has 0 amide bonds. The molecule has 4 aromatic carbocycles. The Labute approximate surface area is 204 Å². The van der Waals surface area contributed by atoms with Gasteiger partial charge in [-0.3, -0.25) is 0 Å². The van der Waals surface area contributed by atoms with Gasteiger partial charge in [-0.15, -0.1) is 0 Å². The second-order valence-electron chi connectivity index (χ2n) is 9.13. The lowest BCUT2D eigenvalue weighted by atomic mass is 9.82. The molecular formula is C30H22ClN3. The predicted octanol–water partition coefficient (Wildman–Crippen LogP) is 7.83. The number of aromatic nitrogens is 3. The molecule has 1 aromatic heterocycles. The highest BCUT2D eigenvalue weighted by Crippen LogP contribution is 2.49. The molecule has 1 aliphatic carbocycles. The maximum absolute atomic E-state index is 6.39. The van der Waals surface area contributed by atoms with Crippen LogP contribution in [0.15, 0.2) is 97.1 Å². The summed E-state index contributed by atoms with van der Waals surface area (Å²) in [6.07, 6.45) is 0. The van der Waals surface area contributed by atoms with Crippen LogP contribution in [-0.4, -0.2) is 15.0 Å². The van der Waals surface area contributed by atoms with Crippen molar-refractivity contribution in [2.45, 2.75) is 19.3 Å². The Morgan fingerprint density at radius 3 is 1.94 bits per heavy atom. The van der Waals surface area contributed by atoms with Crippen molar-refractivity contribution < 1.29 is 0 Å². The van der Waals surface area contributed by atoms with E-state index in [1.807, 2.05) is 30.3 Å². The molecule has 164 valence electrons. The minimum absolute atomic E-state index is 0.0917. The SMILES string of the molecule is CC1(C)c2ccccc2-c2ccc(-c3nc(Cl)nc(-c4cccc(-c5ccccc5)c4)n3)cc21. The van der Waals surface area contributed by atoms with Gasteiger partial charge in [-0.25, -0.2) is 4.98 Å². The predicted molar refractivity (Wildman–Crippen MR) is 139 cm³/mol. The second-order valence-corrected chi connectivity index (χ2v) is 9.47. The van der Waals surface area contributed by atoms with E-state index in [4.69, 9.17) is 16.6 Å². The van der Waals surface area contributed by atoms with Crippen molar-refractivity contribution in [2.75, 3.05) is 0 Å². The van der Waals surface area contributed by atoms with Crippen LogP contribution < -0.4 is 0 Å². The number of halogens is 1. The average molecular weight is 460 g/mol. The van der Waals surface area contributed by atoms with Crippen LogP contribution in [-0.2, 0) is 5.41 Å². The van der Waals surface area contributed by atoms with Crippen molar-refractivity contribution in [1.82, 2.24) is 15.0 Å². The normalized spacial score (nSPS) is 13.4. The molecule has 0 unspecified atom stereocenters. The Hall–Kier alpha value is -3.82. The summed E-state index contributed by atoms with van der Waals surface area (Å²) in [6.45, 7) is 4.53. The van der Waals surface area contributed by atoms with E-state index in [0.717, 1.165) is 22.3 Å². The first-order chi connectivity index (χ1) is 16.5. The van der Waals surface area contributed by atoms with Gasteiger partial charge < -0.3 is 0 Å². The number of hydrogen-bond donors (Lipinski definition) is 0. The highest BCUT2D eigenvalue weighted by molar-refractivity contribution is 6.28. The topological polar surface area (TPSA) is 38.7 Å². The molecule has 0 spiro atoms. The number of nitrogens with zero attached hydrogens (tertiary/aromatic N) is 3. The summed E-state index contributed by atoms with van der Waals surface area (Å²) in [5, 5.41) is 0.188. The molecule has 0 bridgehead atoms. The zero-order valence-electron chi connectivity index (χ0n) is 19.0. The summed E-state index contributed by atoms with van der Waals surface area (Å²) in [7, 11) is 0. The van der Waals surface area contributed by atoms with Crippen molar-refractivity contribution in [2.24, 2.45) is 0 Å². The molecule has 0 atom stereocenters. The Bertz CT molecular complexity index is 1540. The summed E-state index contributed by atoms with van der Waals surface area (Å²) in [4.78, 5) is 13.7. The van der Waals surface area contributed by atoms with Gasteiger partial charge in [0.25, 0.3) is 0 Å². The first-order valence-electron chi connectivity index (χ1n) is 11.3. The van der Waals surface area contributed by atoms with Gasteiger partial charge >= 0.3 is 0 Å². The van der Waals surface area contributed by atoms with Crippen LogP contribution in [0.25, 0.3) is 45.0 Å². The van der Waals surface area contributed by atoms with E-state index in [0.29, 0.717) is 11.6 Å². The van der Waals surface area contributed by atoms with E-state index in [1.54, 1.807) is 0 Å². The molecule has 0 fully saturated rings. The first-order valence-corrected chi connectivity index (χ1v) is 11.7. The van der Waals surface area contributed by atoms with Crippen molar-refractivity contribution in [3.63, 3.8) is 0 Å². The Morgan fingerprint density at radius 1 is 0.529 bits per heavy atom. The Balaban J connectivity index is 1.44. The standard InChI is InChI=1S/C30H22ClN3/c1-30(2)25-14-7-6-13-23(25)24-16-15-22(18-26(24)30)28-32-27(33-29(31)34-28)21-12-8-11-20(17-21)19-9-4-3-5-10-19/h3-18H,1-2H3. The van der Waals surface area contributed by atoms with Crippen LogP contribution in [0.2, 0.25) is 5.28 Å². The van der Waals surface area contributed by atoms with Crippen molar-refractivity contribution in [3.05, 3.63) is 113 Å². The molecule has 0 radical (unpaired) electrons. The lowest BCUT2D eigenvalue weighted by molar-refractivity contribution is 0.660. The van der Waals surface area contributed by atoms with Gasteiger partial charge in [-0.05, 0) is 57.1 Å². The van der Waals surface area contributed by atoms with Gasteiger partial charge in [0, 0.05) is 16.5 Å². The maximum Gasteiger partial charge on any atom is 0.226 e. The fourth-order valence-corrected chi connectivity index (χ4v) is 5.08. The molecule has 34 heavy (non-hydrogen) atoms. The monoisotopic (exact) mass is 459 g/mol. The molecule has 1 heterocycles. The highest BCUT2D eigenvalue weighted by Gasteiger charge is 2.35. The zero-order valence-corrected chi connectivity index (χ0v) is 19.7. The van der Waals surface area contributed by atoms with Gasteiger partial charge in [-0.2, -0.15) is 9.97 Å². The Morgan fingerprint density at radius 2 is 1.15 bits per heavy atom. The number of fused-ring (bicyclic) bond motifs is 3. The maximum atomic E-state index is 6.39. The molecule has 5 aromatic rings. The largest absolute Gasteiger partial charge is 0.226 e. The lowest BCUT2D eigenvalue weighted by Crippen LogP contribution is -2.15. The van der Waals surface area contributed by atoms with E-state index in [2.05, 4.69) is 90.5 Å². The summed E-state index contributed by atoms with van der Waals surface area (Å²) < 4.78 is 0. The van der Waals surface area contributed by atoms with Gasteiger partial charge in [0.15, 0.2) is 11.6 Å². The van der Waals surface area contributed by atoms with E-state index in [1.165, 1.54) is 22.3 Å². The summed E-state index contributed by atoms with van der Waals surface area (Å²) in [5.74, 6) is 1.14. The van der Waals surface area contributed by atoms with Crippen molar-refractivity contribution in [3.8, 4) is 45.0 Å². The number of hydrogen-bond acceptors (Lipinski definition) is 3. The van der Waals surface area contributed by atoms with Gasteiger partial charge in [0.1, 0.15) is 0 Å². The average Bonchev–Trinajstić information content (AvgIpc) is 3.11. The van der Waals surface area contributed by atoms with Crippen LogP contribution >= 0.6 is 11.6 Å². The van der Waals surface area contributed by atoms with Crippen LogP contribution in [0, 0.1) is 0 Å². The summed E-state index contributed by atoms with van der Waals surface area (Å²) in [5.41, 5.74) is 9.17. The van der Waals surface area contributed by atoms with E-state index in [9.17, 15) is 0 Å². The molecule has 6 rings (SSSR count). The van der Waals surface area contributed by atoms with E-state index >= 15 is 0 Å². The Kier molecular flexibility index (Phi) is 4.82. The molecule has 0 aliphatic heterocycles. The lowest BCUT2D eigenvalue weighted by Gasteiger charge is -2.21. The molecule has 0 saturated carbocycles. The minimum Gasteiger partial charge on any atom is -0.208 e. The highest BCUT2D eigenvalue weighted by atomic mass is 35.5. The van der Waals surface area contributed by atoms with Gasteiger partial charge in [-0.1, -0.05) is 98.8 Å². The third-order valence-corrected chi connectivity index (χ3v) is 6.85. The fourth-order valence-electron chi connectivity index (χ4n) is 4.92. The van der Waals surface area contributed by atoms with Crippen LogP contribution in [0.3, 0.4) is 0 Å². The molecule has 0 saturated heterocycles. The third-order valence-electron chi connectivity index (χ3n) is 6.68. The van der Waals surface area contributed by atoms with Gasteiger partial charge in [0.05, 0.1) is 0 Å². The second kappa shape index (κ2) is 7.89. The van der Waals surface area contributed by atoms with Crippen LogP contribution in [0.1, 0.15) is 25.0 Å². The number of rotatable bonds is 3. The summed E-state index contributed by atoms with van der Waals surface area (Å²) in [6, 6.07) is 33.5. The summed E-state index contributed by atoms with van der Waals surface area (Å²) >= 11 is 6.39.